The van der Waals surface area contributed by atoms with Crippen LogP contribution < -0.4 is 0 Å². The van der Waals surface area contributed by atoms with Crippen LogP contribution in [0.4, 0.5) is 4.79 Å². The van der Waals surface area contributed by atoms with E-state index in [0.29, 0.717) is 13.1 Å². The van der Waals surface area contributed by atoms with Crippen molar-refractivity contribution in [3.63, 3.8) is 0 Å². The Morgan fingerprint density at radius 1 is 1.59 bits per heavy atom. The Kier molecular flexibility index (Phi) is 4.17. The van der Waals surface area contributed by atoms with E-state index < -0.39 is 5.60 Å². The number of nitriles is 1. The third kappa shape index (κ3) is 4.10. The molecule has 0 N–H and O–H groups in total. The average Bonchev–Trinajstić information content (AvgIpc) is 2.18. The number of rotatable bonds is 0. The molecule has 0 bridgehead atoms. The second kappa shape index (κ2) is 5.22. The van der Waals surface area contributed by atoms with Crippen molar-refractivity contribution in [2.24, 2.45) is 5.92 Å². The largest absolute Gasteiger partial charge is 0.444 e. The van der Waals surface area contributed by atoms with Crippen LogP contribution in [-0.2, 0) is 4.74 Å². The van der Waals surface area contributed by atoms with Crippen LogP contribution in [0.5, 0.6) is 0 Å². The first kappa shape index (κ1) is 13.6. The molecule has 17 heavy (non-hydrogen) atoms. The number of nitrogens with zero attached hydrogens (tertiary/aromatic N) is 2. The van der Waals surface area contributed by atoms with Gasteiger partial charge < -0.3 is 9.64 Å². The highest BCUT2D eigenvalue weighted by molar-refractivity contribution is 5.68. The van der Waals surface area contributed by atoms with Gasteiger partial charge in [-0.2, -0.15) is 5.26 Å². The van der Waals surface area contributed by atoms with E-state index in [1.807, 2.05) is 27.7 Å². The molecule has 0 aliphatic carbocycles. The summed E-state index contributed by atoms with van der Waals surface area (Å²) in [6.07, 6.45) is 2.09. The van der Waals surface area contributed by atoms with Crippen LogP contribution >= 0.6 is 0 Å². The van der Waals surface area contributed by atoms with Crippen LogP contribution in [0, 0.1) is 17.2 Å². The Morgan fingerprint density at radius 2 is 2.24 bits per heavy atom. The van der Waals surface area contributed by atoms with Crippen molar-refractivity contribution < 1.29 is 9.53 Å². The van der Waals surface area contributed by atoms with E-state index in [-0.39, 0.29) is 12.0 Å². The van der Waals surface area contributed by atoms with Gasteiger partial charge in [-0.1, -0.05) is 12.5 Å². The second-order valence-electron chi connectivity index (χ2n) is 5.43. The van der Waals surface area contributed by atoms with Crippen LogP contribution in [0.25, 0.3) is 0 Å². The normalized spacial score (nSPS) is 23.4. The van der Waals surface area contributed by atoms with E-state index in [0.717, 1.165) is 12.0 Å². The highest BCUT2D eigenvalue weighted by Gasteiger charge is 2.27. The summed E-state index contributed by atoms with van der Waals surface area (Å²) < 4.78 is 5.32. The Balaban J connectivity index is 2.59. The van der Waals surface area contributed by atoms with E-state index in [4.69, 9.17) is 10.00 Å². The molecule has 4 heteroatoms. The highest BCUT2D eigenvalue weighted by atomic mass is 16.6. The third-order valence-corrected chi connectivity index (χ3v) is 2.70. The predicted octanol–water partition coefficient (Wildman–Crippen LogP) is 2.71. The zero-order valence-electron chi connectivity index (χ0n) is 11.0. The number of amides is 1. The average molecular weight is 236 g/mol. The van der Waals surface area contributed by atoms with E-state index in [1.54, 1.807) is 11.0 Å². The fourth-order valence-electron chi connectivity index (χ4n) is 1.84. The van der Waals surface area contributed by atoms with Crippen molar-refractivity contribution in [1.29, 1.82) is 5.26 Å². The highest BCUT2D eigenvalue weighted by Crippen LogP contribution is 2.23. The second-order valence-corrected chi connectivity index (χ2v) is 5.43. The standard InChI is InChI=1S/C13H20N2O2/c1-10-9-15(8-6-11(10)5-7-14)12(16)17-13(2,3)4/h5,10H,6,8-9H2,1-4H3. The molecule has 1 amide bonds. The summed E-state index contributed by atoms with van der Waals surface area (Å²) in [5.41, 5.74) is 0.663. The molecule has 94 valence electrons. The minimum atomic E-state index is -0.455. The van der Waals surface area contributed by atoms with Gasteiger partial charge in [0, 0.05) is 19.2 Å². The SMILES string of the molecule is CC1CN(C(=O)OC(C)(C)C)CCC1=CC#N. The van der Waals surface area contributed by atoms with Gasteiger partial charge in [0.05, 0.1) is 6.07 Å². The maximum Gasteiger partial charge on any atom is 0.410 e. The molecule has 1 rings (SSSR count). The van der Waals surface area contributed by atoms with Crippen molar-refractivity contribution in [1.82, 2.24) is 4.90 Å². The molecule has 1 saturated heterocycles. The number of allylic oxidation sites excluding steroid dienone is 1. The summed E-state index contributed by atoms with van der Waals surface area (Å²) in [5.74, 6) is 0.232. The minimum Gasteiger partial charge on any atom is -0.444 e. The molecule has 0 aromatic carbocycles. The molecule has 4 nitrogen and oxygen atoms in total. The molecular weight excluding hydrogens is 216 g/mol. The predicted molar refractivity (Wildman–Crippen MR) is 65.3 cm³/mol. The van der Waals surface area contributed by atoms with Crippen LogP contribution in [0.15, 0.2) is 11.6 Å². The van der Waals surface area contributed by atoms with Crippen molar-refractivity contribution in [2.75, 3.05) is 13.1 Å². The number of hydrogen-bond donors (Lipinski definition) is 0. The summed E-state index contributed by atoms with van der Waals surface area (Å²) in [5, 5.41) is 8.63. The number of carbonyl (C=O) groups excluding carboxylic acids is 1. The molecule has 0 aromatic rings. The molecule has 1 aliphatic rings. The molecule has 1 atom stereocenters. The van der Waals surface area contributed by atoms with Crippen LogP contribution in [-0.4, -0.2) is 29.7 Å². The van der Waals surface area contributed by atoms with Gasteiger partial charge in [0.15, 0.2) is 0 Å². The van der Waals surface area contributed by atoms with Gasteiger partial charge in [0.2, 0.25) is 0 Å². The first-order chi connectivity index (χ1) is 7.83. The zero-order chi connectivity index (χ0) is 13.1. The lowest BCUT2D eigenvalue weighted by Crippen LogP contribution is -2.43. The quantitative estimate of drug-likeness (QED) is 0.608. The number of carbonyl (C=O) groups is 1. The molecule has 0 radical (unpaired) electrons. The molecule has 1 aliphatic heterocycles. The molecular formula is C13H20N2O2. The number of hydrogen-bond acceptors (Lipinski definition) is 3. The van der Waals surface area contributed by atoms with E-state index in [9.17, 15) is 4.79 Å². The van der Waals surface area contributed by atoms with Gasteiger partial charge in [-0.3, -0.25) is 0 Å². The molecule has 0 spiro atoms. The van der Waals surface area contributed by atoms with Crippen molar-refractivity contribution in [3.05, 3.63) is 11.6 Å². The van der Waals surface area contributed by atoms with Gasteiger partial charge in [0.1, 0.15) is 5.60 Å². The number of likely N-dealkylation sites (tertiary alicyclic amines) is 1. The van der Waals surface area contributed by atoms with Crippen LogP contribution in [0.1, 0.15) is 34.1 Å². The summed E-state index contributed by atoms with van der Waals surface area (Å²) >= 11 is 0. The van der Waals surface area contributed by atoms with Gasteiger partial charge in [-0.25, -0.2) is 4.79 Å². The maximum atomic E-state index is 11.8. The molecule has 1 heterocycles. The Labute approximate surface area is 103 Å². The molecule has 1 fully saturated rings. The lowest BCUT2D eigenvalue weighted by Gasteiger charge is -2.34. The van der Waals surface area contributed by atoms with Crippen LogP contribution in [0.2, 0.25) is 0 Å². The first-order valence-electron chi connectivity index (χ1n) is 5.90. The van der Waals surface area contributed by atoms with Crippen molar-refractivity contribution in [3.8, 4) is 6.07 Å². The third-order valence-electron chi connectivity index (χ3n) is 2.70. The number of ether oxygens (including phenoxy) is 1. The minimum absolute atomic E-state index is 0.232. The van der Waals surface area contributed by atoms with Crippen molar-refractivity contribution >= 4 is 6.09 Å². The van der Waals surface area contributed by atoms with Gasteiger partial charge in [-0.15, -0.1) is 0 Å². The van der Waals surface area contributed by atoms with Gasteiger partial charge in [0.25, 0.3) is 0 Å². The zero-order valence-corrected chi connectivity index (χ0v) is 11.0. The maximum absolute atomic E-state index is 11.8. The number of piperidine rings is 1. The molecule has 0 aromatic heterocycles. The first-order valence-corrected chi connectivity index (χ1v) is 5.90. The Morgan fingerprint density at radius 3 is 2.71 bits per heavy atom. The van der Waals surface area contributed by atoms with Gasteiger partial charge >= 0.3 is 6.09 Å². The Hall–Kier alpha value is -1.50. The molecule has 1 unspecified atom stereocenters. The van der Waals surface area contributed by atoms with Crippen LogP contribution in [0.3, 0.4) is 0 Å². The lowest BCUT2D eigenvalue weighted by molar-refractivity contribution is 0.0208. The monoisotopic (exact) mass is 236 g/mol. The lowest BCUT2D eigenvalue weighted by atomic mass is 9.93. The smallest absolute Gasteiger partial charge is 0.410 e. The fraction of sp³-hybridized carbons (Fsp3) is 0.692. The summed E-state index contributed by atoms with van der Waals surface area (Å²) in [6.45, 7) is 8.87. The topological polar surface area (TPSA) is 53.3 Å². The summed E-state index contributed by atoms with van der Waals surface area (Å²) in [7, 11) is 0. The fourth-order valence-corrected chi connectivity index (χ4v) is 1.84. The van der Waals surface area contributed by atoms with Gasteiger partial charge in [-0.05, 0) is 33.1 Å². The summed E-state index contributed by atoms with van der Waals surface area (Å²) in [4.78, 5) is 13.6. The van der Waals surface area contributed by atoms with E-state index in [1.165, 1.54) is 0 Å². The summed E-state index contributed by atoms with van der Waals surface area (Å²) in [6, 6.07) is 2.05. The van der Waals surface area contributed by atoms with E-state index in [2.05, 4.69) is 6.07 Å². The van der Waals surface area contributed by atoms with E-state index >= 15 is 0 Å². The molecule has 0 saturated carbocycles. The van der Waals surface area contributed by atoms with Crippen molar-refractivity contribution in [2.45, 2.75) is 39.7 Å². The Bertz CT molecular complexity index is 361.